The van der Waals surface area contributed by atoms with Gasteiger partial charge in [0.2, 0.25) is 11.7 Å². The van der Waals surface area contributed by atoms with E-state index in [1.807, 2.05) is 0 Å². The fourth-order valence-corrected chi connectivity index (χ4v) is 3.92. The number of para-hydroxylation sites is 2. The van der Waals surface area contributed by atoms with Gasteiger partial charge in [-0.3, -0.25) is 14.9 Å². The topological polar surface area (TPSA) is 103 Å². The minimum Gasteiger partial charge on any atom is -0.311 e. The number of fused-ring (bicyclic) bond motifs is 1. The Morgan fingerprint density at radius 2 is 1.97 bits per heavy atom. The second-order valence-electron chi connectivity index (χ2n) is 6.85. The monoisotopic (exact) mass is 461 g/mol. The van der Waals surface area contributed by atoms with Crippen molar-refractivity contribution >= 4 is 39.1 Å². The van der Waals surface area contributed by atoms with Crippen LogP contribution in [0.4, 0.5) is 24.0 Å². The summed E-state index contributed by atoms with van der Waals surface area (Å²) in [6.07, 6.45) is -4.73. The summed E-state index contributed by atoms with van der Waals surface area (Å²) in [5.41, 5.74) is 1.63. The first-order chi connectivity index (χ1) is 15.1. The molecule has 1 amide bonds. The molecule has 0 radical (unpaired) electrons. The lowest BCUT2D eigenvalue weighted by atomic mass is 10.1. The number of aromatic nitrogens is 3. The van der Waals surface area contributed by atoms with Crippen molar-refractivity contribution in [2.75, 3.05) is 5.32 Å². The van der Waals surface area contributed by atoms with E-state index in [1.54, 1.807) is 36.6 Å². The van der Waals surface area contributed by atoms with Crippen molar-refractivity contribution in [3.8, 4) is 11.3 Å². The summed E-state index contributed by atoms with van der Waals surface area (Å²) in [5, 5.41) is 15.4. The van der Waals surface area contributed by atoms with E-state index in [0.717, 1.165) is 15.9 Å². The van der Waals surface area contributed by atoms with E-state index < -0.39 is 29.4 Å². The number of hydrogen-bond acceptors (Lipinski definition) is 6. The highest BCUT2D eigenvalue weighted by Crippen LogP contribution is 2.32. The molecule has 1 N–H and O–H groups in total. The molecule has 0 atom stereocenters. The van der Waals surface area contributed by atoms with E-state index in [1.165, 1.54) is 18.2 Å². The molecule has 0 spiro atoms. The summed E-state index contributed by atoms with van der Waals surface area (Å²) in [6.45, 7) is 1.00. The first-order valence-corrected chi connectivity index (χ1v) is 10.0. The number of carbonyl (C=O) groups is 1. The lowest BCUT2D eigenvalue weighted by Gasteiger charge is -2.10. The van der Waals surface area contributed by atoms with Crippen molar-refractivity contribution in [3.05, 3.63) is 69.3 Å². The maximum atomic E-state index is 13.4. The molecule has 4 rings (SSSR count). The average molecular weight is 461 g/mol. The van der Waals surface area contributed by atoms with E-state index in [-0.39, 0.29) is 21.9 Å². The highest BCUT2D eigenvalue weighted by Gasteiger charge is 2.38. The first kappa shape index (κ1) is 21.4. The standard InChI is InChI=1S/C20H14F3N5O3S/c1-11-6-7-12(8-16(11)28(30)31)14-10-32-19(25-14)26-17(29)9-27-15-5-3-2-4-13(15)24-18(27)20(21,22)23/h2-8,10H,9H2,1H3,(H,25,26,29). The quantitative estimate of drug-likeness (QED) is 0.332. The first-order valence-electron chi connectivity index (χ1n) is 9.17. The minimum absolute atomic E-state index is 0.0623. The van der Waals surface area contributed by atoms with Crippen LogP contribution in [0.5, 0.6) is 0 Å². The number of carbonyl (C=O) groups excluding carboxylic acids is 1. The van der Waals surface area contributed by atoms with Gasteiger partial charge in [-0.05, 0) is 19.1 Å². The van der Waals surface area contributed by atoms with Crippen LogP contribution < -0.4 is 5.32 Å². The predicted octanol–water partition coefficient (Wildman–Crippen LogP) is 5.03. The van der Waals surface area contributed by atoms with E-state index in [2.05, 4.69) is 15.3 Å². The Morgan fingerprint density at radius 1 is 1.22 bits per heavy atom. The van der Waals surface area contributed by atoms with Crippen LogP contribution in [-0.2, 0) is 17.5 Å². The van der Waals surface area contributed by atoms with E-state index in [4.69, 9.17) is 0 Å². The fourth-order valence-electron chi connectivity index (χ4n) is 3.18. The summed E-state index contributed by atoms with van der Waals surface area (Å²) in [5.74, 6) is -1.88. The Kier molecular flexibility index (Phi) is 5.38. The average Bonchev–Trinajstić information content (AvgIpc) is 3.33. The highest BCUT2D eigenvalue weighted by molar-refractivity contribution is 7.14. The van der Waals surface area contributed by atoms with Crippen molar-refractivity contribution in [2.45, 2.75) is 19.6 Å². The number of thiazole rings is 1. The van der Waals surface area contributed by atoms with Gasteiger partial charge in [-0.15, -0.1) is 11.3 Å². The number of rotatable bonds is 5. The van der Waals surface area contributed by atoms with Gasteiger partial charge in [-0.25, -0.2) is 9.97 Å². The Hall–Kier alpha value is -3.80. The van der Waals surface area contributed by atoms with Gasteiger partial charge in [0, 0.05) is 22.6 Å². The summed E-state index contributed by atoms with van der Waals surface area (Å²) in [7, 11) is 0. The second-order valence-corrected chi connectivity index (χ2v) is 7.71. The van der Waals surface area contributed by atoms with Gasteiger partial charge in [0.15, 0.2) is 5.13 Å². The number of halogens is 3. The molecule has 0 unspecified atom stereocenters. The lowest BCUT2D eigenvalue weighted by Crippen LogP contribution is -2.23. The van der Waals surface area contributed by atoms with Crippen LogP contribution in [0.2, 0.25) is 0 Å². The summed E-state index contributed by atoms with van der Waals surface area (Å²) < 4.78 is 41.0. The number of anilines is 1. The second kappa shape index (κ2) is 8.04. The molecule has 0 aliphatic carbocycles. The Bertz CT molecular complexity index is 1350. The molecule has 2 aromatic carbocycles. The van der Waals surface area contributed by atoms with Crippen LogP contribution in [0.1, 0.15) is 11.4 Å². The van der Waals surface area contributed by atoms with E-state index in [9.17, 15) is 28.1 Å². The van der Waals surface area contributed by atoms with Gasteiger partial charge in [0.1, 0.15) is 6.54 Å². The number of benzene rings is 2. The smallest absolute Gasteiger partial charge is 0.311 e. The molecule has 2 heterocycles. The molecule has 2 aromatic heterocycles. The molecule has 4 aromatic rings. The number of nitro groups is 1. The van der Waals surface area contributed by atoms with Gasteiger partial charge in [-0.2, -0.15) is 13.2 Å². The predicted molar refractivity (Wildman–Crippen MR) is 112 cm³/mol. The number of nitrogens with zero attached hydrogens (tertiary/aromatic N) is 4. The van der Waals surface area contributed by atoms with Crippen molar-refractivity contribution in [1.82, 2.24) is 14.5 Å². The third-order valence-corrected chi connectivity index (χ3v) is 5.42. The molecule has 0 aliphatic heterocycles. The zero-order valence-electron chi connectivity index (χ0n) is 16.4. The SMILES string of the molecule is Cc1ccc(-c2csc(NC(=O)Cn3c(C(F)(F)F)nc4ccccc43)n2)cc1[N+](=O)[O-]. The molecule has 164 valence electrons. The molecule has 0 saturated carbocycles. The largest absolute Gasteiger partial charge is 0.449 e. The number of alkyl halides is 3. The van der Waals surface area contributed by atoms with Gasteiger partial charge in [0.25, 0.3) is 5.69 Å². The van der Waals surface area contributed by atoms with Gasteiger partial charge >= 0.3 is 6.18 Å². The third kappa shape index (κ3) is 4.17. The molecule has 0 fully saturated rings. The molecule has 8 nitrogen and oxygen atoms in total. The van der Waals surface area contributed by atoms with Crippen LogP contribution in [0.15, 0.2) is 47.8 Å². The van der Waals surface area contributed by atoms with Crippen molar-refractivity contribution < 1.29 is 22.9 Å². The lowest BCUT2D eigenvalue weighted by molar-refractivity contribution is -0.385. The Balaban J connectivity index is 1.56. The Morgan fingerprint density at radius 3 is 2.69 bits per heavy atom. The van der Waals surface area contributed by atoms with Crippen molar-refractivity contribution in [1.29, 1.82) is 0 Å². The number of aryl methyl sites for hydroxylation is 1. The van der Waals surface area contributed by atoms with Crippen LogP contribution in [0.25, 0.3) is 22.3 Å². The number of nitro benzene ring substituents is 1. The molecular weight excluding hydrogens is 447 g/mol. The van der Waals surface area contributed by atoms with E-state index >= 15 is 0 Å². The molecule has 12 heteroatoms. The highest BCUT2D eigenvalue weighted by atomic mass is 32.1. The maximum Gasteiger partial charge on any atom is 0.449 e. The van der Waals surface area contributed by atoms with Crippen LogP contribution in [0, 0.1) is 17.0 Å². The zero-order chi connectivity index (χ0) is 23.0. The summed E-state index contributed by atoms with van der Waals surface area (Å²) >= 11 is 1.06. The minimum atomic E-state index is -4.73. The number of hydrogen-bond donors (Lipinski definition) is 1. The normalized spacial score (nSPS) is 11.6. The van der Waals surface area contributed by atoms with Crippen molar-refractivity contribution in [3.63, 3.8) is 0 Å². The van der Waals surface area contributed by atoms with Crippen LogP contribution >= 0.6 is 11.3 Å². The molecule has 0 saturated heterocycles. The van der Waals surface area contributed by atoms with Gasteiger partial charge in [-0.1, -0.05) is 24.3 Å². The molecule has 0 bridgehead atoms. The third-order valence-electron chi connectivity index (χ3n) is 4.66. The zero-order valence-corrected chi connectivity index (χ0v) is 17.2. The van der Waals surface area contributed by atoms with E-state index in [0.29, 0.717) is 16.8 Å². The molecular formula is C20H14F3N5O3S. The maximum absolute atomic E-state index is 13.4. The fraction of sp³-hybridized carbons (Fsp3) is 0.150. The van der Waals surface area contributed by atoms with Crippen LogP contribution in [0.3, 0.4) is 0 Å². The van der Waals surface area contributed by atoms with Crippen LogP contribution in [-0.4, -0.2) is 25.4 Å². The summed E-state index contributed by atoms with van der Waals surface area (Å²) in [6, 6.07) is 10.6. The van der Waals surface area contributed by atoms with Gasteiger partial charge in [0.05, 0.1) is 21.7 Å². The number of nitrogens with one attached hydrogen (secondary N) is 1. The number of amides is 1. The molecule has 32 heavy (non-hydrogen) atoms. The Labute approximate surface area is 182 Å². The molecule has 0 aliphatic rings. The van der Waals surface area contributed by atoms with Gasteiger partial charge < -0.3 is 9.88 Å². The summed E-state index contributed by atoms with van der Waals surface area (Å²) in [4.78, 5) is 31.0. The van der Waals surface area contributed by atoms with Crippen molar-refractivity contribution in [2.24, 2.45) is 0 Å². The number of imidazole rings is 1.